The van der Waals surface area contributed by atoms with Gasteiger partial charge < -0.3 is 4.74 Å². The summed E-state index contributed by atoms with van der Waals surface area (Å²) in [6.45, 7) is 4.54. The molecule has 102 valence electrons. The summed E-state index contributed by atoms with van der Waals surface area (Å²) in [5.41, 5.74) is 0.133. The second-order valence-electron chi connectivity index (χ2n) is 5.00. The highest BCUT2D eigenvalue weighted by Gasteiger charge is 2.42. The van der Waals surface area contributed by atoms with Crippen LogP contribution in [0.2, 0.25) is 0 Å². The number of halogens is 1. The Morgan fingerprint density at radius 1 is 1.41 bits per heavy atom. The summed E-state index contributed by atoms with van der Waals surface area (Å²) < 4.78 is 31.2. The molecule has 4 nitrogen and oxygen atoms in total. The number of alkyl halides is 1. The number of nitrogens with one attached hydrogen (secondary N) is 1. The van der Waals surface area contributed by atoms with Gasteiger partial charge in [0.05, 0.1) is 18.5 Å². The standard InChI is InChI=1S/C11H22ClNO3S/c1-10(2)16-7-8-17(14,15)13-9-11(3-4-11)5-6-12/h10,13H,3-9H2,1-2H3. The molecule has 1 fully saturated rings. The van der Waals surface area contributed by atoms with Crippen molar-refractivity contribution >= 4 is 21.6 Å². The molecule has 0 aromatic rings. The maximum absolute atomic E-state index is 11.7. The maximum Gasteiger partial charge on any atom is 0.213 e. The zero-order valence-electron chi connectivity index (χ0n) is 10.5. The number of hydrogen-bond acceptors (Lipinski definition) is 3. The Bertz CT molecular complexity index is 326. The predicted octanol–water partition coefficient (Wildman–Crippen LogP) is 1.74. The van der Waals surface area contributed by atoms with Crippen LogP contribution in [0.25, 0.3) is 0 Å². The third kappa shape index (κ3) is 6.04. The van der Waals surface area contributed by atoms with Gasteiger partial charge in [0.1, 0.15) is 0 Å². The zero-order valence-corrected chi connectivity index (χ0v) is 12.1. The van der Waals surface area contributed by atoms with Gasteiger partial charge in [0.2, 0.25) is 10.0 Å². The molecule has 1 saturated carbocycles. The van der Waals surface area contributed by atoms with Crippen LogP contribution in [0.15, 0.2) is 0 Å². The average molecular weight is 284 g/mol. The van der Waals surface area contributed by atoms with Crippen molar-refractivity contribution in [2.24, 2.45) is 5.41 Å². The Balaban J connectivity index is 2.25. The third-order valence-corrected chi connectivity index (χ3v) is 4.53. The Morgan fingerprint density at radius 2 is 2.06 bits per heavy atom. The van der Waals surface area contributed by atoms with Crippen molar-refractivity contribution in [1.29, 1.82) is 0 Å². The van der Waals surface area contributed by atoms with Gasteiger partial charge in [-0.2, -0.15) is 0 Å². The van der Waals surface area contributed by atoms with Gasteiger partial charge in [-0.1, -0.05) is 0 Å². The number of ether oxygens (including phenoxy) is 1. The molecular formula is C11H22ClNO3S. The van der Waals surface area contributed by atoms with E-state index in [-0.39, 0.29) is 23.9 Å². The van der Waals surface area contributed by atoms with Crippen LogP contribution in [0.5, 0.6) is 0 Å². The van der Waals surface area contributed by atoms with E-state index in [2.05, 4.69) is 4.72 Å². The highest BCUT2D eigenvalue weighted by Crippen LogP contribution is 2.48. The normalized spacial score (nSPS) is 18.6. The lowest BCUT2D eigenvalue weighted by Gasteiger charge is -2.15. The first kappa shape index (κ1) is 15.2. The lowest BCUT2D eigenvalue weighted by molar-refractivity contribution is 0.0911. The molecule has 0 aromatic carbocycles. The topological polar surface area (TPSA) is 55.4 Å². The number of rotatable bonds is 9. The molecule has 1 rings (SSSR count). The molecule has 0 radical (unpaired) electrons. The molecule has 6 heteroatoms. The van der Waals surface area contributed by atoms with Crippen molar-refractivity contribution < 1.29 is 13.2 Å². The van der Waals surface area contributed by atoms with Gasteiger partial charge in [0.15, 0.2) is 0 Å². The van der Waals surface area contributed by atoms with Gasteiger partial charge in [-0.25, -0.2) is 13.1 Å². The molecule has 0 atom stereocenters. The summed E-state index contributed by atoms with van der Waals surface area (Å²) in [6, 6.07) is 0. The van der Waals surface area contributed by atoms with E-state index in [0.29, 0.717) is 12.4 Å². The molecule has 1 aliphatic rings. The molecule has 0 aromatic heterocycles. The van der Waals surface area contributed by atoms with E-state index in [1.807, 2.05) is 13.8 Å². The van der Waals surface area contributed by atoms with Crippen LogP contribution in [-0.2, 0) is 14.8 Å². The van der Waals surface area contributed by atoms with E-state index >= 15 is 0 Å². The molecule has 0 unspecified atom stereocenters. The van der Waals surface area contributed by atoms with Gasteiger partial charge in [0, 0.05) is 12.4 Å². The first-order valence-electron chi connectivity index (χ1n) is 6.04. The molecule has 1 N–H and O–H groups in total. The fraction of sp³-hybridized carbons (Fsp3) is 1.00. The van der Waals surface area contributed by atoms with Crippen molar-refractivity contribution in [3.8, 4) is 0 Å². The first-order chi connectivity index (χ1) is 7.89. The minimum Gasteiger partial charge on any atom is -0.378 e. The van der Waals surface area contributed by atoms with Crippen LogP contribution in [0.3, 0.4) is 0 Å². The SMILES string of the molecule is CC(C)OCCS(=O)(=O)NCC1(CCCl)CC1. The van der Waals surface area contributed by atoms with E-state index in [4.69, 9.17) is 16.3 Å². The molecule has 1 aliphatic carbocycles. The summed E-state index contributed by atoms with van der Waals surface area (Å²) in [5.74, 6) is 0.625. The van der Waals surface area contributed by atoms with E-state index < -0.39 is 10.0 Å². The Morgan fingerprint density at radius 3 is 2.53 bits per heavy atom. The van der Waals surface area contributed by atoms with Crippen molar-refractivity contribution in [2.75, 3.05) is 24.8 Å². The molecule has 0 saturated heterocycles. The number of sulfonamides is 1. The third-order valence-electron chi connectivity index (χ3n) is 3.05. The fourth-order valence-electron chi connectivity index (χ4n) is 1.62. The van der Waals surface area contributed by atoms with Crippen LogP contribution < -0.4 is 4.72 Å². The van der Waals surface area contributed by atoms with Crippen molar-refractivity contribution in [3.63, 3.8) is 0 Å². The minimum atomic E-state index is -3.21. The summed E-state index contributed by atoms with van der Waals surface area (Å²) in [6.07, 6.45) is 3.10. The van der Waals surface area contributed by atoms with Gasteiger partial charge in [0.25, 0.3) is 0 Å². The molecule has 0 heterocycles. The average Bonchev–Trinajstić information content (AvgIpc) is 2.96. The van der Waals surface area contributed by atoms with Crippen molar-refractivity contribution in [3.05, 3.63) is 0 Å². The van der Waals surface area contributed by atoms with Crippen LogP contribution in [-0.4, -0.2) is 39.3 Å². The summed E-state index contributed by atoms with van der Waals surface area (Å²) in [4.78, 5) is 0. The Kier molecular flexibility index (Phi) is 5.70. The predicted molar refractivity (Wildman–Crippen MR) is 69.9 cm³/mol. The van der Waals surface area contributed by atoms with E-state index in [1.54, 1.807) is 0 Å². The lowest BCUT2D eigenvalue weighted by atomic mass is 10.1. The monoisotopic (exact) mass is 283 g/mol. The smallest absolute Gasteiger partial charge is 0.213 e. The molecule has 0 spiro atoms. The van der Waals surface area contributed by atoms with Gasteiger partial charge in [-0.15, -0.1) is 11.6 Å². The summed E-state index contributed by atoms with van der Waals surface area (Å²) in [5, 5.41) is 0. The van der Waals surface area contributed by atoms with Crippen molar-refractivity contribution in [1.82, 2.24) is 4.72 Å². The molecule has 0 amide bonds. The lowest BCUT2D eigenvalue weighted by Crippen LogP contribution is -2.33. The Hall–Kier alpha value is 0.160. The van der Waals surface area contributed by atoms with Crippen LogP contribution in [0.1, 0.15) is 33.1 Å². The van der Waals surface area contributed by atoms with E-state index in [1.165, 1.54) is 0 Å². The molecule has 0 bridgehead atoms. The molecular weight excluding hydrogens is 262 g/mol. The van der Waals surface area contributed by atoms with E-state index in [9.17, 15) is 8.42 Å². The summed E-state index contributed by atoms with van der Waals surface area (Å²) >= 11 is 5.70. The molecule has 0 aliphatic heterocycles. The van der Waals surface area contributed by atoms with Gasteiger partial charge in [-0.05, 0) is 38.5 Å². The van der Waals surface area contributed by atoms with Crippen LogP contribution in [0.4, 0.5) is 0 Å². The fourth-order valence-corrected chi connectivity index (χ4v) is 3.01. The second-order valence-corrected chi connectivity index (χ2v) is 7.30. The second kappa shape index (κ2) is 6.36. The molecule has 17 heavy (non-hydrogen) atoms. The highest BCUT2D eigenvalue weighted by molar-refractivity contribution is 7.89. The largest absolute Gasteiger partial charge is 0.378 e. The number of hydrogen-bond donors (Lipinski definition) is 1. The van der Waals surface area contributed by atoms with Crippen LogP contribution >= 0.6 is 11.6 Å². The highest BCUT2D eigenvalue weighted by atomic mass is 35.5. The van der Waals surface area contributed by atoms with E-state index in [0.717, 1.165) is 19.3 Å². The minimum absolute atomic E-state index is 0.0299. The first-order valence-corrected chi connectivity index (χ1v) is 8.23. The van der Waals surface area contributed by atoms with Gasteiger partial charge >= 0.3 is 0 Å². The summed E-state index contributed by atoms with van der Waals surface area (Å²) in [7, 11) is -3.21. The Labute approximate surface area is 109 Å². The maximum atomic E-state index is 11.7. The van der Waals surface area contributed by atoms with Gasteiger partial charge in [-0.3, -0.25) is 0 Å². The van der Waals surface area contributed by atoms with Crippen LogP contribution in [0, 0.1) is 5.41 Å². The van der Waals surface area contributed by atoms with Crippen molar-refractivity contribution in [2.45, 2.75) is 39.2 Å². The zero-order chi connectivity index (χ0) is 12.9. The quantitative estimate of drug-likeness (QED) is 0.656.